The fraction of sp³-hybridized carbons (Fsp3) is 0.550. The maximum absolute atomic E-state index is 11.5. The average Bonchev–Trinajstić information content (AvgIpc) is 3.14. The van der Waals surface area contributed by atoms with E-state index in [1.54, 1.807) is 0 Å². The lowest BCUT2D eigenvalue weighted by molar-refractivity contribution is -0.118. The van der Waals surface area contributed by atoms with Crippen LogP contribution >= 0.6 is 0 Å². The van der Waals surface area contributed by atoms with E-state index in [0.29, 0.717) is 19.6 Å². The molecule has 1 aromatic heterocycles. The number of carbonyl (C=O) groups excluding carboxylic acids is 1. The van der Waals surface area contributed by atoms with Crippen molar-refractivity contribution in [2.24, 2.45) is 5.92 Å². The monoisotopic (exact) mass is 434 g/mol. The SMILES string of the molecule is CC(=O)NCCCn1c(-c2ccccc2)nnc1N1CCCC(CNS(C)(=O)=O)C1. The molecule has 164 valence electrons. The molecule has 1 amide bonds. The molecule has 9 nitrogen and oxygen atoms in total. The fourth-order valence-corrected chi connectivity index (χ4v) is 4.26. The van der Waals surface area contributed by atoms with Crippen LogP contribution in [0, 0.1) is 5.92 Å². The van der Waals surface area contributed by atoms with E-state index in [0.717, 1.165) is 49.7 Å². The number of sulfonamides is 1. The second kappa shape index (κ2) is 10.0. The van der Waals surface area contributed by atoms with E-state index in [9.17, 15) is 13.2 Å². The summed E-state index contributed by atoms with van der Waals surface area (Å²) in [5.41, 5.74) is 0.989. The van der Waals surface area contributed by atoms with Crippen molar-refractivity contribution in [2.45, 2.75) is 32.7 Å². The molecule has 0 bridgehead atoms. The number of piperidine rings is 1. The molecule has 2 N–H and O–H groups in total. The lowest BCUT2D eigenvalue weighted by atomic mass is 9.99. The van der Waals surface area contributed by atoms with E-state index in [-0.39, 0.29) is 11.8 Å². The van der Waals surface area contributed by atoms with E-state index in [4.69, 9.17) is 0 Å². The number of aromatic nitrogens is 3. The third kappa shape index (κ3) is 6.27. The van der Waals surface area contributed by atoms with Crippen LogP contribution in [0.4, 0.5) is 5.95 Å². The molecule has 2 heterocycles. The van der Waals surface area contributed by atoms with E-state index in [1.807, 2.05) is 30.3 Å². The predicted octanol–water partition coefficient (Wildman–Crippen LogP) is 1.24. The van der Waals surface area contributed by atoms with Gasteiger partial charge in [0.15, 0.2) is 5.82 Å². The fourth-order valence-electron chi connectivity index (χ4n) is 3.72. The van der Waals surface area contributed by atoms with Gasteiger partial charge in [0, 0.05) is 45.2 Å². The van der Waals surface area contributed by atoms with Crippen LogP contribution in [0.25, 0.3) is 11.4 Å². The molecule has 0 aliphatic carbocycles. The van der Waals surface area contributed by atoms with Gasteiger partial charge in [-0.05, 0) is 25.2 Å². The minimum Gasteiger partial charge on any atom is -0.356 e. The topological polar surface area (TPSA) is 109 Å². The highest BCUT2D eigenvalue weighted by atomic mass is 32.2. The van der Waals surface area contributed by atoms with Gasteiger partial charge in [0.2, 0.25) is 21.9 Å². The van der Waals surface area contributed by atoms with Gasteiger partial charge in [-0.3, -0.25) is 9.36 Å². The highest BCUT2D eigenvalue weighted by Gasteiger charge is 2.26. The van der Waals surface area contributed by atoms with Gasteiger partial charge in [-0.15, -0.1) is 10.2 Å². The largest absolute Gasteiger partial charge is 0.356 e. The van der Waals surface area contributed by atoms with Crippen molar-refractivity contribution < 1.29 is 13.2 Å². The zero-order valence-electron chi connectivity index (χ0n) is 17.5. The zero-order chi connectivity index (χ0) is 21.6. The smallest absolute Gasteiger partial charge is 0.227 e. The number of amides is 1. The summed E-state index contributed by atoms with van der Waals surface area (Å²) >= 11 is 0. The van der Waals surface area contributed by atoms with Crippen LogP contribution in [0.5, 0.6) is 0 Å². The Labute approximate surface area is 177 Å². The lowest BCUT2D eigenvalue weighted by Gasteiger charge is -2.33. The summed E-state index contributed by atoms with van der Waals surface area (Å²) in [6.45, 7) is 4.78. The molecule has 1 aliphatic heterocycles. The van der Waals surface area contributed by atoms with Gasteiger partial charge in [-0.25, -0.2) is 13.1 Å². The molecule has 10 heteroatoms. The first-order chi connectivity index (χ1) is 14.3. The summed E-state index contributed by atoms with van der Waals surface area (Å²) in [4.78, 5) is 13.4. The van der Waals surface area contributed by atoms with Crippen molar-refractivity contribution in [3.05, 3.63) is 30.3 Å². The van der Waals surface area contributed by atoms with Crippen molar-refractivity contribution in [2.75, 3.05) is 37.3 Å². The molecule has 0 saturated carbocycles. The highest BCUT2D eigenvalue weighted by Crippen LogP contribution is 2.26. The third-order valence-corrected chi connectivity index (χ3v) is 5.82. The van der Waals surface area contributed by atoms with Crippen LogP contribution in [0.15, 0.2) is 30.3 Å². The standard InChI is InChI=1S/C20H30N6O3S/c1-16(27)21-11-7-13-26-19(18-9-4-3-5-10-18)23-24-20(26)25-12-6-8-17(15-25)14-22-30(2,28)29/h3-5,9-10,17,22H,6-8,11-15H2,1-2H3,(H,21,27). The normalized spacial score (nSPS) is 17.1. The molecule has 0 spiro atoms. The maximum Gasteiger partial charge on any atom is 0.227 e. The second-order valence-corrected chi connectivity index (χ2v) is 9.59. The number of rotatable bonds is 9. The predicted molar refractivity (Wildman–Crippen MR) is 117 cm³/mol. The van der Waals surface area contributed by atoms with Crippen molar-refractivity contribution in [3.8, 4) is 11.4 Å². The lowest BCUT2D eigenvalue weighted by Crippen LogP contribution is -2.42. The Morgan fingerprint density at radius 1 is 1.23 bits per heavy atom. The summed E-state index contributed by atoms with van der Waals surface area (Å²) in [7, 11) is -3.20. The van der Waals surface area contributed by atoms with Crippen LogP contribution in [0.3, 0.4) is 0 Å². The first kappa shape index (κ1) is 22.2. The summed E-state index contributed by atoms with van der Waals surface area (Å²) in [5, 5.41) is 11.8. The number of nitrogens with zero attached hydrogens (tertiary/aromatic N) is 4. The van der Waals surface area contributed by atoms with Gasteiger partial charge in [-0.2, -0.15) is 0 Å². The van der Waals surface area contributed by atoms with Crippen molar-refractivity contribution >= 4 is 21.9 Å². The summed E-state index contributed by atoms with van der Waals surface area (Å²) < 4.78 is 27.6. The van der Waals surface area contributed by atoms with Gasteiger partial charge >= 0.3 is 0 Å². The number of anilines is 1. The summed E-state index contributed by atoms with van der Waals surface area (Å²) in [5.74, 6) is 1.77. The second-order valence-electron chi connectivity index (χ2n) is 7.75. The first-order valence-electron chi connectivity index (χ1n) is 10.3. The van der Waals surface area contributed by atoms with Gasteiger partial charge in [0.1, 0.15) is 0 Å². The van der Waals surface area contributed by atoms with Crippen molar-refractivity contribution in [1.29, 1.82) is 0 Å². The molecule has 1 unspecified atom stereocenters. The van der Waals surface area contributed by atoms with Crippen molar-refractivity contribution in [3.63, 3.8) is 0 Å². The molecule has 2 aromatic rings. The Balaban J connectivity index is 1.78. The van der Waals surface area contributed by atoms with Gasteiger partial charge in [0.25, 0.3) is 0 Å². The van der Waals surface area contributed by atoms with E-state index in [2.05, 4.69) is 29.7 Å². The van der Waals surface area contributed by atoms with Crippen LogP contribution < -0.4 is 14.9 Å². The van der Waals surface area contributed by atoms with Gasteiger partial charge in [0.05, 0.1) is 6.26 Å². The van der Waals surface area contributed by atoms with E-state index in [1.165, 1.54) is 13.2 Å². The van der Waals surface area contributed by atoms with Crippen LogP contribution in [-0.4, -0.2) is 61.5 Å². The Kier molecular flexibility index (Phi) is 7.43. The molecule has 1 aliphatic rings. The van der Waals surface area contributed by atoms with Crippen molar-refractivity contribution in [1.82, 2.24) is 24.8 Å². The number of hydrogen-bond acceptors (Lipinski definition) is 6. The Morgan fingerprint density at radius 3 is 2.70 bits per heavy atom. The molecule has 1 saturated heterocycles. The highest BCUT2D eigenvalue weighted by molar-refractivity contribution is 7.88. The van der Waals surface area contributed by atoms with Gasteiger partial charge < -0.3 is 10.2 Å². The molecule has 1 aromatic carbocycles. The van der Waals surface area contributed by atoms with Crippen LogP contribution in [0.2, 0.25) is 0 Å². The number of benzene rings is 1. The molecule has 30 heavy (non-hydrogen) atoms. The van der Waals surface area contributed by atoms with Crippen LogP contribution in [-0.2, 0) is 21.4 Å². The third-order valence-electron chi connectivity index (χ3n) is 5.13. The first-order valence-corrected chi connectivity index (χ1v) is 12.2. The Hall–Kier alpha value is -2.46. The number of carbonyl (C=O) groups is 1. The Bertz CT molecular complexity index is 945. The molecular formula is C20H30N6O3S. The minimum absolute atomic E-state index is 0.0421. The number of hydrogen-bond donors (Lipinski definition) is 2. The molecule has 1 atom stereocenters. The quantitative estimate of drug-likeness (QED) is 0.575. The van der Waals surface area contributed by atoms with E-state index >= 15 is 0 Å². The average molecular weight is 435 g/mol. The zero-order valence-corrected chi connectivity index (χ0v) is 18.4. The molecule has 0 radical (unpaired) electrons. The number of nitrogens with one attached hydrogen (secondary N) is 2. The molecule has 3 rings (SSSR count). The molecular weight excluding hydrogens is 404 g/mol. The summed E-state index contributed by atoms with van der Waals surface area (Å²) in [6, 6.07) is 9.92. The van der Waals surface area contributed by atoms with E-state index < -0.39 is 10.0 Å². The summed E-state index contributed by atoms with van der Waals surface area (Å²) in [6.07, 6.45) is 3.89. The maximum atomic E-state index is 11.5. The van der Waals surface area contributed by atoms with Gasteiger partial charge in [-0.1, -0.05) is 30.3 Å². The van der Waals surface area contributed by atoms with Crippen LogP contribution in [0.1, 0.15) is 26.2 Å². The Morgan fingerprint density at radius 2 is 2.00 bits per heavy atom. The minimum atomic E-state index is -3.20. The molecule has 1 fully saturated rings.